The Labute approximate surface area is 251 Å². The first-order valence-corrected chi connectivity index (χ1v) is 12.7. The Morgan fingerprint density at radius 3 is 2.33 bits per heavy atom. The lowest BCUT2D eigenvalue weighted by Crippen LogP contribution is -3.00. The number of methoxy groups -OCH3 is 1. The summed E-state index contributed by atoms with van der Waals surface area (Å²) in [6.07, 6.45) is 2.88. The Morgan fingerprint density at radius 1 is 0.925 bits per heavy atom. The third kappa shape index (κ3) is 10.6. The van der Waals surface area contributed by atoms with Crippen molar-refractivity contribution in [1.29, 1.82) is 0 Å². The fourth-order valence-corrected chi connectivity index (χ4v) is 4.15. The molecule has 2 N–H and O–H groups in total. The maximum Gasteiger partial charge on any atom is 0.411 e. The van der Waals surface area contributed by atoms with Crippen molar-refractivity contribution in [1.82, 2.24) is 5.06 Å². The number of nitrogens with zero attached hydrogens (tertiary/aromatic N) is 2. The molecule has 0 fully saturated rings. The summed E-state index contributed by atoms with van der Waals surface area (Å²) in [5, 5.41) is 15.3. The van der Waals surface area contributed by atoms with E-state index in [2.05, 4.69) is 24.1 Å². The number of benzene rings is 3. The highest BCUT2D eigenvalue weighted by Gasteiger charge is 2.17. The van der Waals surface area contributed by atoms with Gasteiger partial charge in [0.1, 0.15) is 13.2 Å². The molecule has 0 atom stereocenters. The number of fused-ring (bicyclic) bond motifs is 1. The van der Waals surface area contributed by atoms with E-state index in [1.807, 2.05) is 66.7 Å². The number of amides is 2. The number of hydroxylamine groups is 2. The van der Waals surface area contributed by atoms with Crippen LogP contribution < -0.4 is 29.3 Å². The standard InChI is InChI=1S/C30H35N3O6.HI/c1-33(2,20-7-6-19-32(37)28(34)17-18-29(35)38-3)21-23-13-15-24(16-14-23)22-39-30(36)31-27-12-8-10-25-9-4-5-11-26(25)27;/h4-5,8-18,37H,6-7,19-22H2,1-3H3;1H/b18-17+;. The van der Waals surface area contributed by atoms with Gasteiger partial charge in [0.15, 0.2) is 0 Å². The first-order valence-electron chi connectivity index (χ1n) is 12.7. The average molecular weight is 662 g/mol. The molecule has 9 nitrogen and oxygen atoms in total. The zero-order chi connectivity index (χ0) is 28.3. The van der Waals surface area contributed by atoms with E-state index in [9.17, 15) is 19.6 Å². The van der Waals surface area contributed by atoms with Crippen LogP contribution in [0.4, 0.5) is 10.5 Å². The van der Waals surface area contributed by atoms with E-state index in [1.54, 1.807) is 0 Å². The number of carbonyl (C=O) groups is 3. The van der Waals surface area contributed by atoms with E-state index in [0.717, 1.165) is 58.0 Å². The number of hydrogen-bond acceptors (Lipinski definition) is 6. The second-order valence-electron chi connectivity index (χ2n) is 9.89. The van der Waals surface area contributed by atoms with Crippen molar-refractivity contribution in [3.8, 4) is 0 Å². The molecule has 10 heteroatoms. The minimum Gasteiger partial charge on any atom is -1.00 e. The van der Waals surface area contributed by atoms with Crippen LogP contribution in [0.25, 0.3) is 10.8 Å². The lowest BCUT2D eigenvalue weighted by Gasteiger charge is -2.30. The molecule has 0 unspecified atom stereocenters. The summed E-state index contributed by atoms with van der Waals surface area (Å²) in [4.78, 5) is 35.2. The number of quaternary nitrogens is 1. The fraction of sp³-hybridized carbons (Fsp3) is 0.300. The highest BCUT2D eigenvalue weighted by atomic mass is 127. The summed E-state index contributed by atoms with van der Waals surface area (Å²) in [6.45, 7) is 1.99. The van der Waals surface area contributed by atoms with Crippen molar-refractivity contribution < 1.29 is 57.5 Å². The molecule has 0 saturated carbocycles. The van der Waals surface area contributed by atoms with E-state index in [0.29, 0.717) is 17.2 Å². The van der Waals surface area contributed by atoms with Gasteiger partial charge in [0, 0.05) is 29.6 Å². The Kier molecular flexibility index (Phi) is 13.0. The van der Waals surface area contributed by atoms with E-state index in [-0.39, 0.29) is 37.1 Å². The third-order valence-electron chi connectivity index (χ3n) is 6.23. The van der Waals surface area contributed by atoms with Crippen LogP contribution in [0.1, 0.15) is 24.0 Å². The molecule has 2 amide bonds. The molecule has 0 bridgehead atoms. The normalized spacial score (nSPS) is 11.1. The third-order valence-corrected chi connectivity index (χ3v) is 6.23. The molecular weight excluding hydrogens is 625 g/mol. The second kappa shape index (κ2) is 15.9. The van der Waals surface area contributed by atoms with Gasteiger partial charge in [0.25, 0.3) is 5.91 Å². The molecule has 0 aliphatic heterocycles. The van der Waals surface area contributed by atoms with Gasteiger partial charge in [0.2, 0.25) is 0 Å². The molecule has 3 rings (SSSR count). The molecule has 0 radical (unpaired) electrons. The van der Waals surface area contributed by atoms with Crippen molar-refractivity contribution >= 4 is 34.4 Å². The number of unbranched alkanes of at least 4 members (excludes halogenated alkanes) is 1. The van der Waals surface area contributed by atoms with Crippen LogP contribution in [0.15, 0.2) is 78.9 Å². The molecule has 3 aromatic carbocycles. The SMILES string of the molecule is COC(=O)/C=C/C(=O)N(O)CCCC[N+](C)(C)Cc1ccc(COC(=O)Nc2cccc3ccccc23)cc1.[I-]. The monoisotopic (exact) mass is 661 g/mol. The predicted molar refractivity (Wildman–Crippen MR) is 149 cm³/mol. The highest BCUT2D eigenvalue weighted by molar-refractivity contribution is 6.00. The summed E-state index contributed by atoms with van der Waals surface area (Å²) < 4.78 is 10.6. The molecule has 0 aliphatic rings. The number of rotatable bonds is 12. The van der Waals surface area contributed by atoms with Gasteiger partial charge in [0.05, 0.1) is 33.4 Å². The van der Waals surface area contributed by atoms with Crippen molar-refractivity contribution in [2.24, 2.45) is 0 Å². The minimum absolute atomic E-state index is 0. The molecular formula is C30H36IN3O6. The average Bonchev–Trinajstić information content (AvgIpc) is 2.93. The number of halogens is 1. The Hall–Kier alpha value is -3.48. The van der Waals surface area contributed by atoms with Crippen LogP contribution in [0.5, 0.6) is 0 Å². The second-order valence-corrected chi connectivity index (χ2v) is 9.89. The summed E-state index contributed by atoms with van der Waals surface area (Å²) >= 11 is 0. The van der Waals surface area contributed by atoms with Crippen molar-refractivity contribution in [2.75, 3.05) is 39.6 Å². The minimum atomic E-state index is -0.663. The van der Waals surface area contributed by atoms with Gasteiger partial charge in [-0.15, -0.1) is 0 Å². The Morgan fingerprint density at radius 2 is 1.60 bits per heavy atom. The van der Waals surface area contributed by atoms with E-state index in [4.69, 9.17) is 4.74 Å². The largest absolute Gasteiger partial charge is 1.00 e. The number of carbonyl (C=O) groups excluding carboxylic acids is 3. The van der Waals surface area contributed by atoms with E-state index >= 15 is 0 Å². The number of anilines is 1. The molecule has 0 heterocycles. The van der Waals surface area contributed by atoms with Crippen LogP contribution in [0.3, 0.4) is 0 Å². The van der Waals surface area contributed by atoms with Crippen molar-refractivity contribution in [3.63, 3.8) is 0 Å². The van der Waals surface area contributed by atoms with Gasteiger partial charge in [-0.3, -0.25) is 15.3 Å². The molecule has 214 valence electrons. The quantitative estimate of drug-likeness (QED) is 0.0585. The van der Waals surface area contributed by atoms with Crippen LogP contribution in [0.2, 0.25) is 0 Å². The molecule has 3 aromatic rings. The zero-order valence-electron chi connectivity index (χ0n) is 23.0. The van der Waals surface area contributed by atoms with Crippen LogP contribution in [0, 0.1) is 0 Å². The van der Waals surface area contributed by atoms with Gasteiger partial charge in [-0.25, -0.2) is 14.7 Å². The molecule has 40 heavy (non-hydrogen) atoms. The summed E-state index contributed by atoms with van der Waals surface area (Å²) in [7, 11) is 5.46. The first kappa shape index (κ1) is 32.7. The molecule has 0 aromatic heterocycles. The number of hydrogen-bond donors (Lipinski definition) is 2. The summed E-state index contributed by atoms with van der Waals surface area (Å²) in [5.41, 5.74) is 2.75. The number of ether oxygens (including phenoxy) is 2. The Balaban J connectivity index is 0.00000560. The number of esters is 1. The maximum absolute atomic E-state index is 12.4. The maximum atomic E-state index is 12.4. The smallest absolute Gasteiger partial charge is 0.411 e. The highest BCUT2D eigenvalue weighted by Crippen LogP contribution is 2.23. The lowest BCUT2D eigenvalue weighted by molar-refractivity contribution is -0.903. The predicted octanol–water partition coefficient (Wildman–Crippen LogP) is 1.90. The van der Waals surface area contributed by atoms with Crippen LogP contribution >= 0.6 is 0 Å². The van der Waals surface area contributed by atoms with Gasteiger partial charge in [-0.1, -0.05) is 60.7 Å². The van der Waals surface area contributed by atoms with Crippen molar-refractivity contribution in [3.05, 3.63) is 90.0 Å². The van der Waals surface area contributed by atoms with E-state index in [1.165, 1.54) is 7.11 Å². The van der Waals surface area contributed by atoms with Crippen LogP contribution in [-0.4, -0.2) is 67.0 Å². The lowest BCUT2D eigenvalue weighted by atomic mass is 10.1. The van der Waals surface area contributed by atoms with Gasteiger partial charge in [-0.2, -0.15) is 0 Å². The summed E-state index contributed by atoms with van der Waals surface area (Å²) in [6, 6.07) is 21.6. The topological polar surface area (TPSA) is 105 Å². The van der Waals surface area contributed by atoms with Gasteiger partial charge >= 0.3 is 12.1 Å². The first-order chi connectivity index (χ1) is 18.7. The molecule has 0 aliphatic carbocycles. The Bertz CT molecular complexity index is 1310. The number of nitrogens with one attached hydrogen (secondary N) is 1. The van der Waals surface area contributed by atoms with Gasteiger partial charge < -0.3 is 37.9 Å². The fourth-order valence-electron chi connectivity index (χ4n) is 4.15. The zero-order valence-corrected chi connectivity index (χ0v) is 25.2. The molecule has 0 saturated heterocycles. The van der Waals surface area contributed by atoms with Gasteiger partial charge in [-0.05, 0) is 29.9 Å². The van der Waals surface area contributed by atoms with Crippen LogP contribution in [-0.2, 0) is 32.2 Å². The van der Waals surface area contributed by atoms with Crippen molar-refractivity contribution in [2.45, 2.75) is 26.0 Å². The molecule has 0 spiro atoms. The summed E-state index contributed by atoms with van der Waals surface area (Å²) in [5.74, 6) is -1.32. The van der Waals surface area contributed by atoms with E-state index < -0.39 is 18.0 Å².